The van der Waals surface area contributed by atoms with E-state index < -0.39 is 22.5 Å². The lowest BCUT2D eigenvalue weighted by Gasteiger charge is -2.24. The summed E-state index contributed by atoms with van der Waals surface area (Å²) < 4.78 is 33.4. The highest BCUT2D eigenvalue weighted by Crippen LogP contribution is 2.26. The second-order valence-electron chi connectivity index (χ2n) is 7.54. The fourth-order valence-electron chi connectivity index (χ4n) is 3.07. The van der Waals surface area contributed by atoms with Crippen LogP contribution in [0, 0.1) is 0 Å². The zero-order valence-electron chi connectivity index (χ0n) is 18.2. The van der Waals surface area contributed by atoms with Crippen molar-refractivity contribution in [3.8, 4) is 5.75 Å². The number of sulfonamides is 1. The number of nitrogens with one attached hydrogen (secondary N) is 1. The quantitative estimate of drug-likeness (QED) is 0.427. The second kappa shape index (κ2) is 10.9. The number of amides is 1. The molecule has 0 heterocycles. The molecule has 33 heavy (non-hydrogen) atoms. The first-order chi connectivity index (χ1) is 15.6. The van der Waals surface area contributed by atoms with Crippen LogP contribution in [0.2, 0.25) is 10.0 Å². The standard InChI is InChI=1S/C24H24Cl2N2O4S/c1-17(2)32-22-8-3-5-18(13-22)15-27-24(29)16-28(21-7-4-6-20(26)14-21)33(30,31)23-11-9-19(25)10-12-23/h3-14,17H,15-16H2,1-2H3,(H,27,29). The highest BCUT2D eigenvalue weighted by atomic mass is 35.5. The molecule has 3 aromatic carbocycles. The van der Waals surface area contributed by atoms with E-state index in [1.165, 1.54) is 30.3 Å². The number of benzene rings is 3. The summed E-state index contributed by atoms with van der Waals surface area (Å²) in [5.74, 6) is 0.227. The number of ether oxygens (including phenoxy) is 1. The van der Waals surface area contributed by atoms with Crippen molar-refractivity contribution < 1.29 is 17.9 Å². The van der Waals surface area contributed by atoms with Gasteiger partial charge in [0.25, 0.3) is 10.0 Å². The summed E-state index contributed by atoms with van der Waals surface area (Å²) >= 11 is 12.0. The molecule has 1 N–H and O–H groups in total. The lowest BCUT2D eigenvalue weighted by Crippen LogP contribution is -2.40. The number of nitrogens with zero attached hydrogens (tertiary/aromatic N) is 1. The van der Waals surface area contributed by atoms with Crippen LogP contribution in [-0.2, 0) is 21.4 Å². The van der Waals surface area contributed by atoms with Crippen molar-refractivity contribution in [3.05, 3.63) is 88.4 Å². The number of anilines is 1. The minimum atomic E-state index is -4.05. The zero-order chi connectivity index (χ0) is 24.0. The first-order valence-corrected chi connectivity index (χ1v) is 12.4. The SMILES string of the molecule is CC(C)Oc1cccc(CNC(=O)CN(c2cccc(Cl)c2)S(=O)(=O)c2ccc(Cl)cc2)c1. The molecule has 3 rings (SSSR count). The third-order valence-corrected chi connectivity index (χ3v) is 6.82. The predicted octanol–water partition coefficient (Wildman–Crippen LogP) is 5.29. The van der Waals surface area contributed by atoms with Gasteiger partial charge in [-0.3, -0.25) is 9.10 Å². The van der Waals surface area contributed by atoms with Gasteiger partial charge in [-0.2, -0.15) is 0 Å². The molecule has 0 atom stereocenters. The highest BCUT2D eigenvalue weighted by Gasteiger charge is 2.27. The van der Waals surface area contributed by atoms with Crippen molar-refractivity contribution >= 4 is 44.8 Å². The van der Waals surface area contributed by atoms with Gasteiger partial charge in [0.1, 0.15) is 12.3 Å². The molecule has 0 saturated carbocycles. The van der Waals surface area contributed by atoms with Gasteiger partial charge in [-0.05, 0) is 74.0 Å². The highest BCUT2D eigenvalue weighted by molar-refractivity contribution is 7.92. The molecule has 9 heteroatoms. The minimum absolute atomic E-state index is 0.0122. The van der Waals surface area contributed by atoms with Crippen LogP contribution in [0.15, 0.2) is 77.7 Å². The van der Waals surface area contributed by atoms with E-state index in [4.69, 9.17) is 27.9 Å². The Balaban J connectivity index is 1.80. The topological polar surface area (TPSA) is 75.7 Å². The van der Waals surface area contributed by atoms with Gasteiger partial charge in [0, 0.05) is 16.6 Å². The van der Waals surface area contributed by atoms with E-state index in [1.54, 1.807) is 18.2 Å². The minimum Gasteiger partial charge on any atom is -0.491 e. The molecule has 0 aromatic heterocycles. The summed E-state index contributed by atoms with van der Waals surface area (Å²) in [7, 11) is -4.05. The van der Waals surface area contributed by atoms with Gasteiger partial charge in [0.15, 0.2) is 0 Å². The maximum atomic E-state index is 13.4. The van der Waals surface area contributed by atoms with Crippen LogP contribution < -0.4 is 14.4 Å². The molecule has 6 nitrogen and oxygen atoms in total. The molecule has 0 aliphatic carbocycles. The summed E-state index contributed by atoms with van der Waals surface area (Å²) in [6.07, 6.45) is 0.0270. The normalized spacial score (nSPS) is 11.3. The van der Waals surface area contributed by atoms with E-state index >= 15 is 0 Å². The summed E-state index contributed by atoms with van der Waals surface area (Å²) in [5, 5.41) is 3.53. The van der Waals surface area contributed by atoms with Crippen molar-refractivity contribution in [2.75, 3.05) is 10.8 Å². The van der Waals surface area contributed by atoms with Crippen LogP contribution in [-0.4, -0.2) is 27.0 Å². The maximum Gasteiger partial charge on any atom is 0.264 e. The Hall–Kier alpha value is -2.74. The van der Waals surface area contributed by atoms with E-state index in [2.05, 4.69) is 5.32 Å². The van der Waals surface area contributed by atoms with E-state index in [0.29, 0.717) is 15.8 Å². The van der Waals surface area contributed by atoms with Crippen LogP contribution >= 0.6 is 23.2 Å². The average molecular weight is 507 g/mol. The van der Waals surface area contributed by atoms with E-state index in [9.17, 15) is 13.2 Å². The number of hydrogen-bond donors (Lipinski definition) is 1. The fourth-order valence-corrected chi connectivity index (χ4v) is 4.79. The molecule has 0 unspecified atom stereocenters. The third kappa shape index (κ3) is 6.87. The number of hydrogen-bond acceptors (Lipinski definition) is 4. The van der Waals surface area contributed by atoms with Gasteiger partial charge in [-0.25, -0.2) is 8.42 Å². The predicted molar refractivity (Wildman–Crippen MR) is 131 cm³/mol. The maximum absolute atomic E-state index is 13.4. The smallest absolute Gasteiger partial charge is 0.264 e. The molecule has 0 aliphatic rings. The molecule has 3 aromatic rings. The molecule has 0 spiro atoms. The summed E-state index contributed by atoms with van der Waals surface area (Å²) in [4.78, 5) is 12.8. The van der Waals surface area contributed by atoms with Gasteiger partial charge in [0.05, 0.1) is 16.7 Å². The van der Waals surface area contributed by atoms with Crippen LogP contribution in [0.25, 0.3) is 0 Å². The molecule has 174 valence electrons. The van der Waals surface area contributed by atoms with Crippen molar-refractivity contribution in [2.24, 2.45) is 0 Å². The first kappa shape index (κ1) is 24.9. The Kier molecular flexibility index (Phi) is 8.24. The number of rotatable bonds is 9. The third-order valence-electron chi connectivity index (χ3n) is 4.54. The zero-order valence-corrected chi connectivity index (χ0v) is 20.5. The van der Waals surface area contributed by atoms with Gasteiger partial charge < -0.3 is 10.1 Å². The molecule has 1 amide bonds. The molecule has 0 radical (unpaired) electrons. The van der Waals surface area contributed by atoms with Gasteiger partial charge in [0.2, 0.25) is 5.91 Å². The lowest BCUT2D eigenvalue weighted by atomic mass is 10.2. The van der Waals surface area contributed by atoms with Crippen molar-refractivity contribution in [1.82, 2.24) is 5.32 Å². The number of carbonyl (C=O) groups is 1. The fraction of sp³-hybridized carbons (Fsp3) is 0.208. The van der Waals surface area contributed by atoms with Crippen molar-refractivity contribution in [2.45, 2.75) is 31.4 Å². The monoisotopic (exact) mass is 506 g/mol. The van der Waals surface area contributed by atoms with Crippen LogP contribution in [0.3, 0.4) is 0 Å². The Labute approximate surface area is 204 Å². The van der Waals surface area contributed by atoms with Crippen molar-refractivity contribution in [1.29, 1.82) is 0 Å². The molecular formula is C24H24Cl2N2O4S. The first-order valence-electron chi connectivity index (χ1n) is 10.2. The van der Waals surface area contributed by atoms with Crippen molar-refractivity contribution in [3.63, 3.8) is 0 Å². The van der Waals surface area contributed by atoms with Gasteiger partial charge in [-0.15, -0.1) is 0 Å². The van der Waals surface area contributed by atoms with Gasteiger partial charge >= 0.3 is 0 Å². The average Bonchev–Trinajstić information content (AvgIpc) is 2.76. The number of halogens is 2. The molecule has 0 fully saturated rings. The molecule has 0 bridgehead atoms. The van der Waals surface area contributed by atoms with E-state index in [-0.39, 0.29) is 23.2 Å². The van der Waals surface area contributed by atoms with E-state index in [1.807, 2.05) is 38.1 Å². The Morgan fingerprint density at radius 3 is 2.33 bits per heavy atom. The summed E-state index contributed by atoms with van der Waals surface area (Å²) in [6, 6.07) is 19.5. The summed E-state index contributed by atoms with van der Waals surface area (Å²) in [5.41, 5.74) is 1.11. The lowest BCUT2D eigenvalue weighted by molar-refractivity contribution is -0.119. The molecule has 0 aliphatic heterocycles. The number of carbonyl (C=O) groups excluding carboxylic acids is 1. The largest absolute Gasteiger partial charge is 0.491 e. The molecular weight excluding hydrogens is 483 g/mol. The Morgan fingerprint density at radius 1 is 0.970 bits per heavy atom. The van der Waals surface area contributed by atoms with Crippen LogP contribution in [0.1, 0.15) is 19.4 Å². The Bertz CT molecular complexity index is 1220. The molecule has 0 saturated heterocycles. The second-order valence-corrected chi connectivity index (χ2v) is 10.3. The van der Waals surface area contributed by atoms with Crippen LogP contribution in [0.5, 0.6) is 5.75 Å². The van der Waals surface area contributed by atoms with Gasteiger partial charge in [-0.1, -0.05) is 41.4 Å². The van der Waals surface area contributed by atoms with E-state index in [0.717, 1.165) is 9.87 Å². The summed E-state index contributed by atoms with van der Waals surface area (Å²) in [6.45, 7) is 3.66. The van der Waals surface area contributed by atoms with Crippen LogP contribution in [0.4, 0.5) is 5.69 Å². The Morgan fingerprint density at radius 2 is 1.67 bits per heavy atom.